The molecule has 0 aromatic carbocycles. The van der Waals surface area contributed by atoms with Crippen LogP contribution in [0.15, 0.2) is 22.9 Å². The van der Waals surface area contributed by atoms with E-state index in [0.29, 0.717) is 10.2 Å². The molecule has 1 aromatic rings. The first-order valence-electron chi connectivity index (χ1n) is 5.56. The zero-order valence-corrected chi connectivity index (χ0v) is 11.8. The number of carboxylic acids is 1. The maximum atomic E-state index is 12.2. The molecule has 1 amide bonds. The molecule has 0 saturated heterocycles. The molecular formula is C12H15BrN2O3. The van der Waals surface area contributed by atoms with Gasteiger partial charge in [-0.15, -0.1) is 0 Å². The van der Waals surface area contributed by atoms with Crippen LogP contribution in [0.2, 0.25) is 0 Å². The van der Waals surface area contributed by atoms with Gasteiger partial charge in [-0.05, 0) is 41.9 Å². The molecular weight excluding hydrogens is 300 g/mol. The third-order valence-corrected chi connectivity index (χ3v) is 2.86. The fraction of sp³-hybridized carbons (Fsp3) is 0.417. The predicted molar refractivity (Wildman–Crippen MR) is 70.4 cm³/mol. The second kappa shape index (κ2) is 6.49. The highest BCUT2D eigenvalue weighted by Crippen LogP contribution is 2.13. The minimum atomic E-state index is -0.913. The summed E-state index contributed by atoms with van der Waals surface area (Å²) in [5.74, 6) is -1.10. The average Bonchev–Trinajstić information content (AvgIpc) is 2.28. The lowest BCUT2D eigenvalue weighted by molar-refractivity contribution is -0.137. The zero-order chi connectivity index (χ0) is 13.7. The van der Waals surface area contributed by atoms with Crippen molar-refractivity contribution in [3.05, 3.63) is 28.5 Å². The van der Waals surface area contributed by atoms with Crippen molar-refractivity contribution in [3.8, 4) is 0 Å². The minimum Gasteiger partial charge on any atom is -0.481 e. The monoisotopic (exact) mass is 314 g/mol. The van der Waals surface area contributed by atoms with Gasteiger partial charge in [-0.25, -0.2) is 4.98 Å². The van der Waals surface area contributed by atoms with Gasteiger partial charge in [0.2, 0.25) is 0 Å². The van der Waals surface area contributed by atoms with Crippen molar-refractivity contribution in [2.45, 2.75) is 26.3 Å². The third kappa shape index (κ3) is 4.10. The fourth-order valence-electron chi connectivity index (χ4n) is 1.51. The van der Waals surface area contributed by atoms with Gasteiger partial charge in [0, 0.05) is 24.3 Å². The highest BCUT2D eigenvalue weighted by Gasteiger charge is 2.19. The molecule has 0 fully saturated rings. The van der Waals surface area contributed by atoms with E-state index in [1.54, 1.807) is 12.1 Å². The third-order valence-electron chi connectivity index (χ3n) is 2.42. The molecule has 5 nitrogen and oxygen atoms in total. The number of hydrogen-bond acceptors (Lipinski definition) is 3. The Morgan fingerprint density at radius 1 is 1.50 bits per heavy atom. The van der Waals surface area contributed by atoms with E-state index in [1.165, 1.54) is 11.1 Å². The Balaban J connectivity index is 2.85. The lowest BCUT2D eigenvalue weighted by Crippen LogP contribution is -2.38. The molecule has 0 aliphatic rings. The summed E-state index contributed by atoms with van der Waals surface area (Å²) in [6.07, 6.45) is 1.48. The highest BCUT2D eigenvalue weighted by molar-refractivity contribution is 9.10. The summed E-state index contributed by atoms with van der Waals surface area (Å²) in [7, 11) is 0. The number of halogens is 1. The molecule has 0 bridgehead atoms. The van der Waals surface area contributed by atoms with E-state index < -0.39 is 5.97 Å². The van der Waals surface area contributed by atoms with Crippen LogP contribution in [-0.2, 0) is 4.79 Å². The standard InChI is InChI=1S/C12H15BrN2O3/c1-8(2)15(6-4-11(16)17)12(18)9-3-5-14-10(13)7-9/h3,5,7-8H,4,6H2,1-2H3,(H,16,17). The number of carbonyl (C=O) groups excluding carboxylic acids is 1. The molecule has 98 valence electrons. The van der Waals surface area contributed by atoms with Gasteiger partial charge >= 0.3 is 5.97 Å². The molecule has 0 atom stereocenters. The number of aliphatic carboxylic acids is 1. The van der Waals surface area contributed by atoms with Crippen molar-refractivity contribution in [2.75, 3.05) is 6.54 Å². The first-order chi connectivity index (χ1) is 8.41. The van der Waals surface area contributed by atoms with Crippen LogP contribution in [0.4, 0.5) is 0 Å². The summed E-state index contributed by atoms with van der Waals surface area (Å²) in [6.45, 7) is 3.91. The summed E-state index contributed by atoms with van der Waals surface area (Å²) >= 11 is 3.20. The van der Waals surface area contributed by atoms with E-state index in [2.05, 4.69) is 20.9 Å². The van der Waals surface area contributed by atoms with E-state index in [-0.39, 0.29) is 24.9 Å². The number of carboxylic acid groups (broad SMARTS) is 1. The average molecular weight is 315 g/mol. The fourth-order valence-corrected chi connectivity index (χ4v) is 1.88. The SMILES string of the molecule is CC(C)N(CCC(=O)O)C(=O)c1ccnc(Br)c1. The molecule has 0 radical (unpaired) electrons. The summed E-state index contributed by atoms with van der Waals surface area (Å²) < 4.78 is 0.579. The molecule has 0 aliphatic heterocycles. The predicted octanol–water partition coefficient (Wildman–Crippen LogP) is 2.17. The lowest BCUT2D eigenvalue weighted by Gasteiger charge is -2.26. The Morgan fingerprint density at radius 2 is 2.17 bits per heavy atom. The van der Waals surface area contributed by atoms with E-state index in [1.807, 2.05) is 13.8 Å². The summed E-state index contributed by atoms with van der Waals surface area (Å²) in [4.78, 5) is 28.3. The molecule has 1 heterocycles. The second-order valence-corrected chi connectivity index (χ2v) is 4.92. The molecule has 1 N–H and O–H groups in total. The molecule has 0 saturated carbocycles. The minimum absolute atomic E-state index is 0.0520. The molecule has 1 rings (SSSR count). The van der Waals surface area contributed by atoms with E-state index in [9.17, 15) is 9.59 Å². The van der Waals surface area contributed by atoms with Crippen LogP contribution in [-0.4, -0.2) is 39.5 Å². The topological polar surface area (TPSA) is 70.5 Å². The molecule has 6 heteroatoms. The molecule has 0 aliphatic carbocycles. The normalized spacial score (nSPS) is 10.4. The largest absolute Gasteiger partial charge is 0.481 e. The van der Waals surface area contributed by atoms with Gasteiger partial charge < -0.3 is 10.0 Å². The van der Waals surface area contributed by atoms with E-state index in [0.717, 1.165) is 0 Å². The van der Waals surface area contributed by atoms with E-state index in [4.69, 9.17) is 5.11 Å². The molecule has 0 spiro atoms. The number of rotatable bonds is 5. The zero-order valence-electron chi connectivity index (χ0n) is 10.3. The smallest absolute Gasteiger partial charge is 0.305 e. The van der Waals surface area contributed by atoms with Gasteiger partial charge in [-0.1, -0.05) is 0 Å². The Kier molecular flexibility index (Phi) is 5.27. The summed E-state index contributed by atoms with van der Waals surface area (Å²) in [6, 6.07) is 3.19. The van der Waals surface area contributed by atoms with Crippen molar-refractivity contribution in [3.63, 3.8) is 0 Å². The van der Waals surface area contributed by atoms with Gasteiger partial charge in [0.25, 0.3) is 5.91 Å². The van der Waals surface area contributed by atoms with Crippen molar-refractivity contribution >= 4 is 27.8 Å². The van der Waals surface area contributed by atoms with Crippen LogP contribution >= 0.6 is 15.9 Å². The van der Waals surface area contributed by atoms with Crippen LogP contribution in [0.25, 0.3) is 0 Å². The van der Waals surface area contributed by atoms with Gasteiger partial charge in [-0.3, -0.25) is 9.59 Å². The van der Waals surface area contributed by atoms with Crippen LogP contribution in [0, 0.1) is 0 Å². The van der Waals surface area contributed by atoms with Crippen molar-refractivity contribution in [2.24, 2.45) is 0 Å². The number of amides is 1. The Bertz CT molecular complexity index is 449. The van der Waals surface area contributed by atoms with Crippen LogP contribution in [0.1, 0.15) is 30.6 Å². The molecule has 1 aromatic heterocycles. The van der Waals surface area contributed by atoms with Gasteiger partial charge in [0.1, 0.15) is 4.60 Å². The van der Waals surface area contributed by atoms with Crippen LogP contribution in [0.3, 0.4) is 0 Å². The quantitative estimate of drug-likeness (QED) is 0.846. The van der Waals surface area contributed by atoms with Crippen molar-refractivity contribution in [1.29, 1.82) is 0 Å². The highest BCUT2D eigenvalue weighted by atomic mass is 79.9. The Hall–Kier alpha value is -1.43. The Morgan fingerprint density at radius 3 is 2.67 bits per heavy atom. The van der Waals surface area contributed by atoms with Crippen molar-refractivity contribution < 1.29 is 14.7 Å². The van der Waals surface area contributed by atoms with Crippen LogP contribution in [0.5, 0.6) is 0 Å². The molecule has 0 unspecified atom stereocenters. The number of nitrogens with zero attached hydrogens (tertiary/aromatic N) is 2. The van der Waals surface area contributed by atoms with Gasteiger partial charge in [0.05, 0.1) is 6.42 Å². The number of carbonyl (C=O) groups is 2. The number of hydrogen-bond donors (Lipinski definition) is 1. The Labute approximate surface area is 114 Å². The maximum absolute atomic E-state index is 12.2. The summed E-state index contributed by atoms with van der Waals surface area (Å²) in [5, 5.41) is 8.69. The first kappa shape index (κ1) is 14.6. The van der Waals surface area contributed by atoms with E-state index >= 15 is 0 Å². The van der Waals surface area contributed by atoms with Crippen molar-refractivity contribution in [1.82, 2.24) is 9.88 Å². The molecule has 18 heavy (non-hydrogen) atoms. The maximum Gasteiger partial charge on any atom is 0.305 e. The lowest BCUT2D eigenvalue weighted by atomic mass is 10.2. The number of aromatic nitrogens is 1. The number of pyridine rings is 1. The van der Waals surface area contributed by atoms with Gasteiger partial charge in [0.15, 0.2) is 0 Å². The summed E-state index contributed by atoms with van der Waals surface area (Å²) in [5.41, 5.74) is 0.496. The van der Waals surface area contributed by atoms with Crippen LogP contribution < -0.4 is 0 Å². The first-order valence-corrected chi connectivity index (χ1v) is 6.35. The second-order valence-electron chi connectivity index (χ2n) is 4.10. The van der Waals surface area contributed by atoms with Gasteiger partial charge in [-0.2, -0.15) is 0 Å².